The second kappa shape index (κ2) is 4.32. The second-order valence-electron chi connectivity index (χ2n) is 6.53. The molecular formula is C15H24N2S. The lowest BCUT2D eigenvalue weighted by atomic mass is 9.81. The zero-order valence-electron chi connectivity index (χ0n) is 11.5. The molecule has 18 heavy (non-hydrogen) atoms. The standard InChI is InChI=1S/C15H24N2S/c1-14(6-7-14)15(2,11-16)17(13-3-4-13)9-12-5-8-18-10-12/h5,8,10,13H,3-4,6-7,9,11,16H2,1-2H3. The third kappa shape index (κ3) is 2.02. The van der Waals surface area contributed by atoms with Crippen molar-refractivity contribution < 1.29 is 0 Å². The normalized spacial score (nSPS) is 25.1. The summed E-state index contributed by atoms with van der Waals surface area (Å²) in [6, 6.07) is 3.03. The van der Waals surface area contributed by atoms with Crippen LogP contribution in [0.2, 0.25) is 0 Å². The lowest BCUT2D eigenvalue weighted by Gasteiger charge is -2.46. The van der Waals surface area contributed by atoms with Crippen molar-refractivity contribution >= 4 is 11.3 Å². The molecule has 3 rings (SSSR count). The number of hydrogen-bond donors (Lipinski definition) is 1. The maximum atomic E-state index is 6.19. The smallest absolute Gasteiger partial charge is 0.0363 e. The maximum absolute atomic E-state index is 6.19. The van der Waals surface area contributed by atoms with Crippen molar-refractivity contribution in [1.82, 2.24) is 4.90 Å². The first-order valence-corrected chi connectivity index (χ1v) is 8.01. The Hall–Kier alpha value is -0.380. The molecule has 1 heterocycles. The van der Waals surface area contributed by atoms with Crippen molar-refractivity contribution in [3.8, 4) is 0 Å². The molecule has 2 fully saturated rings. The van der Waals surface area contributed by atoms with E-state index in [0.29, 0.717) is 5.41 Å². The Balaban J connectivity index is 1.84. The van der Waals surface area contributed by atoms with Gasteiger partial charge in [-0.05, 0) is 60.4 Å². The van der Waals surface area contributed by atoms with Crippen LogP contribution in [0.15, 0.2) is 16.8 Å². The Morgan fingerprint density at radius 3 is 2.67 bits per heavy atom. The molecule has 0 radical (unpaired) electrons. The largest absolute Gasteiger partial charge is 0.329 e. The Morgan fingerprint density at radius 1 is 1.50 bits per heavy atom. The maximum Gasteiger partial charge on any atom is 0.0363 e. The molecule has 0 aromatic carbocycles. The SMILES string of the molecule is CC1(C(C)(CN)N(Cc2ccsc2)C2CC2)CC1. The van der Waals surface area contributed by atoms with Crippen molar-refractivity contribution in [3.05, 3.63) is 22.4 Å². The van der Waals surface area contributed by atoms with Gasteiger partial charge in [-0.2, -0.15) is 11.3 Å². The molecule has 3 heteroatoms. The fourth-order valence-electron chi connectivity index (χ4n) is 3.11. The van der Waals surface area contributed by atoms with Gasteiger partial charge in [0.05, 0.1) is 0 Å². The van der Waals surface area contributed by atoms with Gasteiger partial charge in [0.2, 0.25) is 0 Å². The fraction of sp³-hybridized carbons (Fsp3) is 0.733. The van der Waals surface area contributed by atoms with Crippen LogP contribution in [0.1, 0.15) is 45.1 Å². The Morgan fingerprint density at radius 2 is 2.22 bits per heavy atom. The van der Waals surface area contributed by atoms with Crippen molar-refractivity contribution in [2.75, 3.05) is 6.54 Å². The van der Waals surface area contributed by atoms with E-state index in [2.05, 4.69) is 35.6 Å². The quantitative estimate of drug-likeness (QED) is 0.854. The number of thiophene rings is 1. The monoisotopic (exact) mass is 264 g/mol. The molecule has 2 aliphatic rings. The molecule has 0 bridgehead atoms. The molecule has 0 spiro atoms. The van der Waals surface area contributed by atoms with E-state index in [4.69, 9.17) is 5.73 Å². The zero-order chi connectivity index (χ0) is 12.8. The Labute approximate surface area is 114 Å². The van der Waals surface area contributed by atoms with Gasteiger partial charge in [-0.3, -0.25) is 4.90 Å². The van der Waals surface area contributed by atoms with Gasteiger partial charge in [-0.25, -0.2) is 0 Å². The summed E-state index contributed by atoms with van der Waals surface area (Å²) >= 11 is 1.80. The van der Waals surface area contributed by atoms with Crippen LogP contribution in [-0.2, 0) is 6.54 Å². The lowest BCUT2D eigenvalue weighted by Crippen LogP contribution is -2.57. The van der Waals surface area contributed by atoms with Crippen LogP contribution >= 0.6 is 11.3 Å². The minimum absolute atomic E-state index is 0.177. The van der Waals surface area contributed by atoms with Gasteiger partial charge < -0.3 is 5.73 Å². The predicted octanol–water partition coefficient (Wildman–Crippen LogP) is 3.23. The Kier molecular flexibility index (Phi) is 3.04. The zero-order valence-corrected chi connectivity index (χ0v) is 12.3. The lowest BCUT2D eigenvalue weighted by molar-refractivity contribution is 0.0323. The molecule has 1 atom stereocenters. The fourth-order valence-corrected chi connectivity index (χ4v) is 3.77. The average molecular weight is 264 g/mol. The predicted molar refractivity (Wildman–Crippen MR) is 77.7 cm³/mol. The van der Waals surface area contributed by atoms with E-state index in [1.165, 1.54) is 31.2 Å². The van der Waals surface area contributed by atoms with E-state index in [1.54, 1.807) is 11.3 Å². The number of hydrogen-bond acceptors (Lipinski definition) is 3. The van der Waals surface area contributed by atoms with E-state index in [9.17, 15) is 0 Å². The second-order valence-corrected chi connectivity index (χ2v) is 7.31. The van der Waals surface area contributed by atoms with Crippen LogP contribution in [0, 0.1) is 5.41 Å². The molecule has 0 aliphatic heterocycles. The summed E-state index contributed by atoms with van der Waals surface area (Å²) in [5, 5.41) is 4.46. The van der Waals surface area contributed by atoms with Gasteiger partial charge >= 0.3 is 0 Å². The summed E-state index contributed by atoms with van der Waals surface area (Å²) < 4.78 is 0. The molecule has 2 nitrogen and oxygen atoms in total. The summed E-state index contributed by atoms with van der Waals surface area (Å²) in [6.45, 7) is 6.68. The molecule has 1 aromatic rings. The van der Waals surface area contributed by atoms with E-state index in [0.717, 1.165) is 19.1 Å². The first-order valence-electron chi connectivity index (χ1n) is 7.07. The van der Waals surface area contributed by atoms with E-state index >= 15 is 0 Å². The van der Waals surface area contributed by atoms with E-state index in [-0.39, 0.29) is 5.54 Å². The van der Waals surface area contributed by atoms with Crippen LogP contribution in [0.5, 0.6) is 0 Å². The van der Waals surface area contributed by atoms with Crippen molar-refractivity contribution in [3.63, 3.8) is 0 Å². The number of nitrogens with two attached hydrogens (primary N) is 1. The van der Waals surface area contributed by atoms with Crippen LogP contribution in [0.4, 0.5) is 0 Å². The summed E-state index contributed by atoms with van der Waals surface area (Å²) in [7, 11) is 0. The topological polar surface area (TPSA) is 29.3 Å². The van der Waals surface area contributed by atoms with Crippen LogP contribution < -0.4 is 5.73 Å². The highest BCUT2D eigenvalue weighted by Gasteiger charge is 2.57. The van der Waals surface area contributed by atoms with Crippen LogP contribution in [-0.4, -0.2) is 23.0 Å². The minimum atomic E-state index is 0.177. The molecule has 100 valence electrons. The molecule has 0 amide bonds. The van der Waals surface area contributed by atoms with Crippen LogP contribution in [0.25, 0.3) is 0 Å². The summed E-state index contributed by atoms with van der Waals surface area (Å²) in [4.78, 5) is 2.71. The molecule has 0 saturated heterocycles. The van der Waals surface area contributed by atoms with Crippen molar-refractivity contribution in [1.29, 1.82) is 0 Å². The van der Waals surface area contributed by atoms with Crippen molar-refractivity contribution in [2.24, 2.45) is 11.1 Å². The van der Waals surface area contributed by atoms with E-state index in [1.807, 2.05) is 0 Å². The molecule has 2 saturated carbocycles. The van der Waals surface area contributed by atoms with Gasteiger partial charge in [0.25, 0.3) is 0 Å². The highest BCUT2D eigenvalue weighted by Crippen LogP contribution is 2.57. The third-order valence-electron chi connectivity index (χ3n) is 5.25. The van der Waals surface area contributed by atoms with Gasteiger partial charge in [0.15, 0.2) is 0 Å². The minimum Gasteiger partial charge on any atom is -0.329 e. The van der Waals surface area contributed by atoms with Crippen molar-refractivity contribution in [2.45, 2.75) is 57.7 Å². The van der Waals surface area contributed by atoms with E-state index < -0.39 is 0 Å². The number of nitrogens with zero attached hydrogens (tertiary/aromatic N) is 1. The molecule has 1 aromatic heterocycles. The summed E-state index contributed by atoms with van der Waals surface area (Å²) in [5.74, 6) is 0. The highest BCUT2D eigenvalue weighted by molar-refractivity contribution is 7.07. The van der Waals surface area contributed by atoms with Gasteiger partial charge in [-0.1, -0.05) is 6.92 Å². The van der Waals surface area contributed by atoms with Crippen LogP contribution in [0.3, 0.4) is 0 Å². The average Bonchev–Trinajstić information content (AvgIpc) is 3.28. The third-order valence-corrected chi connectivity index (χ3v) is 5.98. The molecule has 2 N–H and O–H groups in total. The molecule has 1 unspecified atom stereocenters. The summed E-state index contributed by atoms with van der Waals surface area (Å²) in [6.07, 6.45) is 5.40. The molecule has 2 aliphatic carbocycles. The molecular weight excluding hydrogens is 240 g/mol. The van der Waals surface area contributed by atoms with Gasteiger partial charge in [0.1, 0.15) is 0 Å². The first-order chi connectivity index (χ1) is 8.59. The Bertz CT molecular complexity index is 406. The highest BCUT2D eigenvalue weighted by atomic mass is 32.1. The van der Waals surface area contributed by atoms with Gasteiger partial charge in [0, 0.05) is 24.7 Å². The number of rotatable bonds is 6. The first kappa shape index (κ1) is 12.6. The van der Waals surface area contributed by atoms with Gasteiger partial charge in [-0.15, -0.1) is 0 Å². The summed E-state index contributed by atoms with van der Waals surface area (Å²) in [5.41, 5.74) is 8.27.